The highest BCUT2D eigenvalue weighted by atomic mass is 16.1. The highest BCUT2D eigenvalue weighted by molar-refractivity contribution is 5.59. The van der Waals surface area contributed by atoms with E-state index in [-0.39, 0.29) is 0 Å². The second kappa shape index (κ2) is 1.41. The van der Waals surface area contributed by atoms with Crippen molar-refractivity contribution in [3.63, 3.8) is 0 Å². The zero-order valence-corrected chi connectivity index (χ0v) is 7.08. The Morgan fingerprint density at radius 3 is 2.45 bits per heavy atom. The van der Waals surface area contributed by atoms with Crippen LogP contribution in [-0.4, -0.2) is 6.29 Å². The summed E-state index contributed by atoms with van der Waals surface area (Å²) in [6, 6.07) is 0. The van der Waals surface area contributed by atoms with Crippen molar-refractivity contribution >= 4 is 6.29 Å². The van der Waals surface area contributed by atoms with Crippen LogP contribution in [0.4, 0.5) is 0 Å². The van der Waals surface area contributed by atoms with Crippen molar-refractivity contribution in [3.05, 3.63) is 0 Å². The lowest BCUT2D eigenvalue weighted by Gasteiger charge is -2.33. The van der Waals surface area contributed by atoms with Gasteiger partial charge in [-0.05, 0) is 35.5 Å². The number of hydrogen-bond acceptors (Lipinski definition) is 1. The summed E-state index contributed by atoms with van der Waals surface area (Å²) in [5.41, 5.74) is 0.642. The Balaban J connectivity index is 1.90. The normalized spacial score (nSPS) is 70.2. The Bertz CT molecular complexity index is 233. The summed E-state index contributed by atoms with van der Waals surface area (Å²) in [5, 5.41) is 0. The molecule has 4 saturated carbocycles. The lowest BCUT2D eigenvalue weighted by molar-refractivity contribution is -0.114. The second-order valence-corrected chi connectivity index (χ2v) is 4.96. The Morgan fingerprint density at radius 1 is 1.36 bits per heavy atom. The van der Waals surface area contributed by atoms with Crippen molar-refractivity contribution in [1.82, 2.24) is 0 Å². The topological polar surface area (TPSA) is 17.1 Å². The molecule has 0 spiro atoms. The quantitative estimate of drug-likeness (QED) is 0.520. The summed E-state index contributed by atoms with van der Waals surface area (Å²) in [4.78, 5) is 10.7. The van der Waals surface area contributed by atoms with Gasteiger partial charge in [-0.1, -0.05) is 13.8 Å². The summed E-state index contributed by atoms with van der Waals surface area (Å²) in [6.45, 7) is 4.69. The van der Waals surface area contributed by atoms with Crippen molar-refractivity contribution in [3.8, 4) is 0 Å². The summed E-state index contributed by atoms with van der Waals surface area (Å²) in [6.07, 6.45) is 2.37. The summed E-state index contributed by atoms with van der Waals surface area (Å²) >= 11 is 0. The van der Waals surface area contributed by atoms with Crippen LogP contribution in [0.2, 0.25) is 0 Å². The molecule has 0 aromatic carbocycles. The smallest absolute Gasteiger partial charge is 0.123 e. The van der Waals surface area contributed by atoms with Crippen LogP contribution in [0.15, 0.2) is 0 Å². The molecule has 0 heterocycles. The molecule has 1 nitrogen and oxygen atoms in total. The lowest BCUT2D eigenvalue weighted by Crippen LogP contribution is -2.30. The third-order valence-corrected chi connectivity index (χ3v) is 4.60. The first-order valence-electron chi connectivity index (χ1n) is 4.66. The maximum Gasteiger partial charge on any atom is 0.123 e. The van der Waals surface area contributed by atoms with Crippen molar-refractivity contribution in [2.75, 3.05) is 0 Å². The summed E-state index contributed by atoms with van der Waals surface area (Å²) in [7, 11) is 0. The number of fused-ring (bicyclic) bond motifs is 2. The second-order valence-electron chi connectivity index (χ2n) is 4.96. The standard InChI is InChI=1S/C10H14O/c1-5-3-6(4-11)8-9-7(5)10(8,9)2/h4-9H,3H2,1-2H3/t5-,6+,7-,8+,9?,10?/m1/s1. The molecule has 0 aromatic heterocycles. The van der Waals surface area contributed by atoms with Gasteiger partial charge in [0, 0.05) is 5.92 Å². The minimum atomic E-state index is 0.421. The van der Waals surface area contributed by atoms with Crippen LogP contribution >= 0.6 is 0 Å². The van der Waals surface area contributed by atoms with Gasteiger partial charge in [-0.25, -0.2) is 0 Å². The molecule has 0 amide bonds. The van der Waals surface area contributed by atoms with Crippen molar-refractivity contribution < 1.29 is 4.79 Å². The van der Waals surface area contributed by atoms with Gasteiger partial charge in [-0.3, -0.25) is 0 Å². The molecular weight excluding hydrogens is 136 g/mol. The van der Waals surface area contributed by atoms with Gasteiger partial charge in [0.15, 0.2) is 0 Å². The van der Waals surface area contributed by atoms with Crippen LogP contribution in [0, 0.1) is 35.0 Å². The third-order valence-electron chi connectivity index (χ3n) is 4.60. The van der Waals surface area contributed by atoms with Gasteiger partial charge >= 0.3 is 0 Å². The molecule has 0 N–H and O–H groups in total. The maximum atomic E-state index is 10.7. The first-order chi connectivity index (χ1) is 5.21. The molecule has 0 aromatic rings. The molecule has 0 aliphatic heterocycles. The van der Waals surface area contributed by atoms with E-state index in [4.69, 9.17) is 0 Å². The SMILES string of the molecule is C[C@@H]1C[C@@H](C=O)[C@H]2C3[C@@H]1C32C. The molecule has 1 heteroatoms. The van der Waals surface area contributed by atoms with Gasteiger partial charge in [-0.15, -0.1) is 0 Å². The molecule has 4 aliphatic rings. The largest absolute Gasteiger partial charge is 0.303 e. The number of carbonyl (C=O) groups excluding carboxylic acids is 1. The molecule has 2 bridgehead atoms. The van der Waals surface area contributed by atoms with E-state index in [1.54, 1.807) is 0 Å². The van der Waals surface area contributed by atoms with E-state index < -0.39 is 0 Å². The predicted molar refractivity (Wildman–Crippen MR) is 41.9 cm³/mol. The molecule has 4 rings (SSSR count). The lowest BCUT2D eigenvalue weighted by atomic mass is 9.70. The van der Waals surface area contributed by atoms with Crippen LogP contribution in [0.25, 0.3) is 0 Å². The van der Waals surface area contributed by atoms with Gasteiger partial charge in [0.2, 0.25) is 0 Å². The predicted octanol–water partition coefficient (Wildman–Crippen LogP) is 1.72. The van der Waals surface area contributed by atoms with E-state index in [9.17, 15) is 4.79 Å². The highest BCUT2D eigenvalue weighted by Gasteiger charge is 2.87. The fourth-order valence-corrected chi connectivity index (χ4v) is 4.09. The molecule has 0 saturated heterocycles. The molecule has 4 aliphatic carbocycles. The van der Waals surface area contributed by atoms with Gasteiger partial charge in [0.25, 0.3) is 0 Å². The number of aldehydes is 1. The zero-order chi connectivity index (χ0) is 7.80. The average molecular weight is 150 g/mol. The fraction of sp³-hybridized carbons (Fsp3) is 0.900. The molecule has 0 radical (unpaired) electrons. The monoisotopic (exact) mass is 150 g/mol. The van der Waals surface area contributed by atoms with Gasteiger partial charge in [0.05, 0.1) is 0 Å². The van der Waals surface area contributed by atoms with Gasteiger partial charge in [0.1, 0.15) is 6.29 Å². The van der Waals surface area contributed by atoms with E-state index >= 15 is 0 Å². The van der Waals surface area contributed by atoms with Crippen molar-refractivity contribution in [1.29, 1.82) is 0 Å². The Morgan fingerprint density at radius 2 is 2.00 bits per heavy atom. The van der Waals surface area contributed by atoms with E-state index in [1.807, 2.05) is 0 Å². The van der Waals surface area contributed by atoms with Crippen LogP contribution in [0.3, 0.4) is 0 Å². The minimum absolute atomic E-state index is 0.421. The molecule has 6 atom stereocenters. The highest BCUT2D eigenvalue weighted by Crippen LogP contribution is 2.90. The molecular formula is C10H14O. The first kappa shape index (κ1) is 6.22. The number of hydrogen-bond donors (Lipinski definition) is 0. The molecule has 11 heavy (non-hydrogen) atoms. The Kier molecular flexibility index (Phi) is 0.799. The van der Waals surface area contributed by atoms with E-state index in [2.05, 4.69) is 13.8 Å². The van der Waals surface area contributed by atoms with Crippen LogP contribution in [-0.2, 0) is 4.79 Å². The van der Waals surface area contributed by atoms with Crippen LogP contribution in [0.1, 0.15) is 20.3 Å². The Hall–Kier alpha value is -0.330. The molecule has 4 fully saturated rings. The van der Waals surface area contributed by atoms with Gasteiger partial charge < -0.3 is 4.79 Å². The van der Waals surface area contributed by atoms with Crippen LogP contribution < -0.4 is 0 Å². The van der Waals surface area contributed by atoms with Crippen molar-refractivity contribution in [2.24, 2.45) is 35.0 Å². The summed E-state index contributed by atoms with van der Waals surface area (Å²) in [5.74, 6) is 4.02. The minimum Gasteiger partial charge on any atom is -0.303 e. The average Bonchev–Trinajstić information content (AvgIpc) is 2.76. The molecule has 60 valence electrons. The fourth-order valence-electron chi connectivity index (χ4n) is 4.09. The van der Waals surface area contributed by atoms with E-state index in [0.717, 1.165) is 23.7 Å². The summed E-state index contributed by atoms with van der Waals surface area (Å²) < 4.78 is 0. The van der Waals surface area contributed by atoms with E-state index in [0.29, 0.717) is 11.3 Å². The first-order valence-corrected chi connectivity index (χ1v) is 4.66. The van der Waals surface area contributed by atoms with E-state index in [1.165, 1.54) is 12.7 Å². The zero-order valence-electron chi connectivity index (χ0n) is 7.08. The maximum absolute atomic E-state index is 10.7. The third kappa shape index (κ3) is 0.447. The van der Waals surface area contributed by atoms with Crippen molar-refractivity contribution in [2.45, 2.75) is 20.3 Å². The number of rotatable bonds is 1. The number of carbonyl (C=O) groups is 1. The van der Waals surface area contributed by atoms with Gasteiger partial charge in [-0.2, -0.15) is 0 Å². The Labute approximate surface area is 67.2 Å². The van der Waals surface area contributed by atoms with Crippen LogP contribution in [0.5, 0.6) is 0 Å². The molecule has 2 unspecified atom stereocenters.